The lowest BCUT2D eigenvalue weighted by Gasteiger charge is -2.10. The van der Waals surface area contributed by atoms with Gasteiger partial charge in [-0.2, -0.15) is 0 Å². The Bertz CT molecular complexity index is 1040. The van der Waals surface area contributed by atoms with Crippen LogP contribution in [0, 0.1) is 0 Å². The average Bonchev–Trinajstić information content (AvgIpc) is 3.17. The van der Waals surface area contributed by atoms with Gasteiger partial charge in [-0.1, -0.05) is 48.2 Å². The van der Waals surface area contributed by atoms with Crippen molar-refractivity contribution in [2.24, 2.45) is 0 Å². The van der Waals surface area contributed by atoms with Gasteiger partial charge in [0, 0.05) is 31.7 Å². The van der Waals surface area contributed by atoms with Crippen molar-refractivity contribution in [3.63, 3.8) is 0 Å². The van der Waals surface area contributed by atoms with E-state index < -0.39 is 0 Å². The summed E-state index contributed by atoms with van der Waals surface area (Å²) in [6.07, 6.45) is 2.42. The first kappa shape index (κ1) is 21.3. The Hall–Kier alpha value is -2.42. The smallest absolute Gasteiger partial charge is 0.272 e. The summed E-state index contributed by atoms with van der Waals surface area (Å²) < 4.78 is 7.15. The van der Waals surface area contributed by atoms with Crippen molar-refractivity contribution in [1.29, 1.82) is 0 Å². The molecule has 2 aromatic heterocycles. The first-order chi connectivity index (χ1) is 14.1. The van der Waals surface area contributed by atoms with Crippen molar-refractivity contribution in [2.45, 2.75) is 18.1 Å². The second-order valence-electron chi connectivity index (χ2n) is 6.27. The number of nitrogens with zero attached hydrogens (tertiary/aromatic N) is 2. The minimum Gasteiger partial charge on any atom is -0.385 e. The largest absolute Gasteiger partial charge is 0.385 e. The monoisotopic (exact) mass is 429 g/mol. The van der Waals surface area contributed by atoms with E-state index in [1.807, 2.05) is 36.4 Å². The number of thiophene rings is 1. The summed E-state index contributed by atoms with van der Waals surface area (Å²) >= 11 is 2.69. The Kier molecular flexibility index (Phi) is 7.62. The van der Waals surface area contributed by atoms with Gasteiger partial charge in [-0.3, -0.25) is 14.2 Å². The molecular formula is C21H23N3O3S2. The van der Waals surface area contributed by atoms with Gasteiger partial charge in [0.2, 0.25) is 5.91 Å². The second kappa shape index (κ2) is 10.4. The van der Waals surface area contributed by atoms with Gasteiger partial charge < -0.3 is 10.1 Å². The molecule has 0 saturated heterocycles. The Balaban J connectivity index is 1.84. The van der Waals surface area contributed by atoms with E-state index in [1.54, 1.807) is 17.8 Å². The summed E-state index contributed by atoms with van der Waals surface area (Å²) in [5.74, 6) is 0.0958. The third-order valence-electron chi connectivity index (χ3n) is 4.15. The molecule has 0 bridgehead atoms. The fraction of sp³-hybridized carbons (Fsp3) is 0.286. The molecule has 0 saturated carbocycles. The van der Waals surface area contributed by atoms with Crippen LogP contribution in [0.3, 0.4) is 0 Å². The predicted octanol–water partition coefficient (Wildman–Crippen LogP) is 3.56. The van der Waals surface area contributed by atoms with E-state index in [0.29, 0.717) is 35.1 Å². The zero-order valence-electron chi connectivity index (χ0n) is 16.2. The van der Waals surface area contributed by atoms with Crippen LogP contribution in [0.1, 0.15) is 6.42 Å². The number of hydrogen-bond acceptors (Lipinski definition) is 6. The minimum atomic E-state index is -0.106. The quantitative estimate of drug-likeness (QED) is 0.231. The molecule has 0 atom stereocenters. The molecule has 0 fully saturated rings. The van der Waals surface area contributed by atoms with Crippen LogP contribution in [0.4, 0.5) is 0 Å². The van der Waals surface area contributed by atoms with Crippen molar-refractivity contribution < 1.29 is 9.53 Å². The number of allylic oxidation sites excluding steroid dienone is 1. The lowest BCUT2D eigenvalue weighted by atomic mass is 10.2. The molecule has 0 aliphatic heterocycles. The van der Waals surface area contributed by atoms with Crippen LogP contribution >= 0.6 is 23.1 Å². The summed E-state index contributed by atoms with van der Waals surface area (Å²) in [6.45, 7) is 5.25. The van der Waals surface area contributed by atoms with Crippen LogP contribution in [0.2, 0.25) is 0 Å². The highest BCUT2D eigenvalue weighted by atomic mass is 32.2. The van der Waals surface area contributed by atoms with Crippen LogP contribution in [0.15, 0.2) is 59.0 Å². The maximum atomic E-state index is 13.0. The Morgan fingerprint density at radius 3 is 2.90 bits per heavy atom. The summed E-state index contributed by atoms with van der Waals surface area (Å²) in [5, 5.41) is 3.36. The highest BCUT2D eigenvalue weighted by Gasteiger charge is 2.16. The molecule has 0 radical (unpaired) electrons. The number of carbonyl (C=O) groups is 1. The van der Waals surface area contributed by atoms with Crippen molar-refractivity contribution in [1.82, 2.24) is 14.9 Å². The Labute approximate surface area is 177 Å². The number of fused-ring (bicyclic) bond motifs is 1. The number of hydrogen-bond donors (Lipinski definition) is 1. The van der Waals surface area contributed by atoms with Gasteiger partial charge in [0.15, 0.2) is 5.16 Å². The van der Waals surface area contributed by atoms with Crippen molar-refractivity contribution in [3.05, 3.63) is 59.4 Å². The molecule has 0 unspecified atom stereocenters. The van der Waals surface area contributed by atoms with Gasteiger partial charge in [0.1, 0.15) is 4.70 Å². The van der Waals surface area contributed by atoms with E-state index in [-0.39, 0.29) is 17.2 Å². The van der Waals surface area contributed by atoms with E-state index >= 15 is 0 Å². The van der Waals surface area contributed by atoms with Crippen molar-refractivity contribution >= 4 is 39.2 Å². The summed E-state index contributed by atoms with van der Waals surface area (Å²) in [7, 11) is 1.63. The number of thioether (sulfide) groups is 1. The number of carbonyl (C=O) groups excluding carboxylic acids is 1. The first-order valence-corrected chi connectivity index (χ1v) is 11.0. The third-order valence-corrected chi connectivity index (χ3v) is 6.29. The normalized spacial score (nSPS) is 10.9. The molecule has 0 aliphatic carbocycles. The lowest BCUT2D eigenvalue weighted by Crippen LogP contribution is -2.28. The SMILES string of the molecule is C=CCn1c(SCC(=O)NCCCOC)nc2cc(-c3ccccc3)sc2c1=O. The van der Waals surface area contributed by atoms with Gasteiger partial charge >= 0.3 is 0 Å². The van der Waals surface area contributed by atoms with Gasteiger partial charge in [0.25, 0.3) is 5.56 Å². The average molecular weight is 430 g/mol. The van der Waals surface area contributed by atoms with E-state index in [4.69, 9.17) is 4.74 Å². The highest BCUT2D eigenvalue weighted by Crippen LogP contribution is 2.31. The molecule has 152 valence electrons. The Morgan fingerprint density at radius 1 is 1.38 bits per heavy atom. The van der Waals surface area contributed by atoms with Gasteiger partial charge in [-0.15, -0.1) is 17.9 Å². The zero-order chi connectivity index (χ0) is 20.6. The predicted molar refractivity (Wildman–Crippen MR) is 120 cm³/mol. The molecule has 0 spiro atoms. The van der Waals surface area contributed by atoms with Crippen LogP contribution in [0.5, 0.6) is 0 Å². The molecule has 1 amide bonds. The number of rotatable bonds is 10. The molecule has 2 heterocycles. The van der Waals surface area contributed by atoms with Gasteiger partial charge in [-0.05, 0) is 18.1 Å². The standard InChI is InChI=1S/C21H23N3O3S2/c1-3-11-24-20(26)19-16(13-17(29-19)15-8-5-4-6-9-15)23-21(24)28-14-18(25)22-10-7-12-27-2/h3-6,8-9,13H,1,7,10-12,14H2,2H3,(H,22,25). The molecule has 8 heteroatoms. The third kappa shape index (κ3) is 5.35. The molecule has 3 rings (SSSR count). The van der Waals surface area contributed by atoms with Gasteiger partial charge in [0.05, 0.1) is 11.3 Å². The molecular weight excluding hydrogens is 406 g/mol. The van der Waals surface area contributed by atoms with E-state index in [9.17, 15) is 9.59 Å². The van der Waals surface area contributed by atoms with Crippen molar-refractivity contribution in [3.8, 4) is 10.4 Å². The van der Waals surface area contributed by atoms with E-state index in [2.05, 4.69) is 16.9 Å². The fourth-order valence-corrected chi connectivity index (χ4v) is 4.65. The fourth-order valence-electron chi connectivity index (χ4n) is 2.76. The topological polar surface area (TPSA) is 73.2 Å². The van der Waals surface area contributed by atoms with E-state index in [1.165, 1.54) is 23.1 Å². The van der Waals surface area contributed by atoms with Crippen molar-refractivity contribution in [2.75, 3.05) is 26.0 Å². The number of methoxy groups -OCH3 is 1. The second-order valence-corrected chi connectivity index (χ2v) is 8.27. The summed E-state index contributed by atoms with van der Waals surface area (Å²) in [6, 6.07) is 11.9. The lowest BCUT2D eigenvalue weighted by molar-refractivity contribution is -0.118. The van der Waals surface area contributed by atoms with Crippen LogP contribution in [-0.4, -0.2) is 41.5 Å². The van der Waals surface area contributed by atoms with Crippen LogP contribution in [0.25, 0.3) is 20.7 Å². The highest BCUT2D eigenvalue weighted by molar-refractivity contribution is 7.99. The molecule has 29 heavy (non-hydrogen) atoms. The molecule has 1 N–H and O–H groups in total. The number of ether oxygens (including phenoxy) is 1. The molecule has 0 aliphatic rings. The Morgan fingerprint density at radius 2 is 2.17 bits per heavy atom. The molecule has 6 nitrogen and oxygen atoms in total. The number of benzene rings is 1. The molecule has 3 aromatic rings. The molecule has 1 aromatic carbocycles. The number of amides is 1. The summed E-state index contributed by atoms with van der Waals surface area (Å²) in [5.41, 5.74) is 1.60. The summed E-state index contributed by atoms with van der Waals surface area (Å²) in [4.78, 5) is 30.8. The zero-order valence-corrected chi connectivity index (χ0v) is 17.9. The van der Waals surface area contributed by atoms with E-state index in [0.717, 1.165) is 16.9 Å². The maximum absolute atomic E-state index is 13.0. The van der Waals surface area contributed by atoms with Gasteiger partial charge in [-0.25, -0.2) is 4.98 Å². The number of nitrogens with one attached hydrogen (secondary N) is 1. The van der Waals surface area contributed by atoms with Crippen LogP contribution < -0.4 is 10.9 Å². The number of aromatic nitrogens is 2. The van der Waals surface area contributed by atoms with Crippen LogP contribution in [-0.2, 0) is 16.1 Å². The minimum absolute atomic E-state index is 0.0964. The first-order valence-electron chi connectivity index (χ1n) is 9.23. The maximum Gasteiger partial charge on any atom is 0.272 e.